The molecule has 2 N–H and O–H groups in total. The Morgan fingerprint density at radius 3 is 2.70 bits per heavy atom. The van der Waals surface area contributed by atoms with Crippen molar-refractivity contribution in [1.29, 1.82) is 0 Å². The Labute approximate surface area is 137 Å². The fourth-order valence-corrected chi connectivity index (χ4v) is 2.93. The van der Waals surface area contributed by atoms with Gasteiger partial charge in [0.15, 0.2) is 0 Å². The minimum atomic E-state index is -0.164. The lowest BCUT2D eigenvalue weighted by molar-refractivity contribution is 0.247. The summed E-state index contributed by atoms with van der Waals surface area (Å²) in [5.41, 5.74) is 3.36. The average molecular weight is 312 g/mol. The third kappa shape index (κ3) is 3.73. The molecule has 122 valence electrons. The van der Waals surface area contributed by atoms with Crippen LogP contribution in [0, 0.1) is 0 Å². The monoisotopic (exact) mass is 312 g/mol. The van der Waals surface area contributed by atoms with Crippen LogP contribution in [0.4, 0.5) is 10.5 Å². The van der Waals surface area contributed by atoms with Crippen molar-refractivity contribution >= 4 is 11.7 Å². The van der Waals surface area contributed by atoms with Crippen LogP contribution in [0.5, 0.6) is 0 Å². The van der Waals surface area contributed by atoms with Gasteiger partial charge in [-0.3, -0.25) is 4.68 Å². The fourth-order valence-electron chi connectivity index (χ4n) is 2.93. The summed E-state index contributed by atoms with van der Waals surface area (Å²) in [7, 11) is 0. The van der Waals surface area contributed by atoms with Gasteiger partial charge in [0.2, 0.25) is 0 Å². The number of anilines is 1. The summed E-state index contributed by atoms with van der Waals surface area (Å²) < 4.78 is 1.85. The van der Waals surface area contributed by atoms with Gasteiger partial charge in [0.1, 0.15) is 0 Å². The maximum atomic E-state index is 12.2. The molecule has 2 aromatic rings. The van der Waals surface area contributed by atoms with Crippen LogP contribution in [0.1, 0.15) is 38.3 Å². The second-order valence-electron chi connectivity index (χ2n) is 7.15. The molecular formula is C18H24N4O. The molecule has 0 spiro atoms. The third-order valence-electron chi connectivity index (χ3n) is 4.21. The Morgan fingerprint density at radius 1 is 1.26 bits per heavy atom. The second-order valence-corrected chi connectivity index (χ2v) is 7.15. The number of fused-ring (bicyclic) bond motifs is 1. The van der Waals surface area contributed by atoms with E-state index in [1.807, 2.05) is 10.9 Å². The molecule has 5 nitrogen and oxygen atoms in total. The van der Waals surface area contributed by atoms with Gasteiger partial charge in [0.05, 0.1) is 17.4 Å². The maximum absolute atomic E-state index is 12.2. The molecule has 0 fully saturated rings. The first-order valence-electron chi connectivity index (χ1n) is 8.11. The topological polar surface area (TPSA) is 59.0 Å². The molecule has 0 aliphatic heterocycles. The van der Waals surface area contributed by atoms with Crippen LogP contribution in [-0.4, -0.2) is 21.9 Å². The number of nitrogens with zero attached hydrogens (tertiary/aromatic N) is 2. The molecule has 1 aromatic heterocycles. The van der Waals surface area contributed by atoms with Crippen molar-refractivity contribution in [3.63, 3.8) is 0 Å². The molecule has 1 aliphatic rings. The molecule has 1 aliphatic carbocycles. The number of nitrogens with one attached hydrogen (secondary N) is 2. The quantitative estimate of drug-likeness (QED) is 0.893. The van der Waals surface area contributed by atoms with Crippen LogP contribution in [0.2, 0.25) is 0 Å². The van der Waals surface area contributed by atoms with E-state index >= 15 is 0 Å². The molecule has 0 saturated carbocycles. The number of rotatable bonds is 2. The van der Waals surface area contributed by atoms with Crippen molar-refractivity contribution in [2.45, 2.75) is 51.6 Å². The third-order valence-corrected chi connectivity index (χ3v) is 4.21. The van der Waals surface area contributed by atoms with E-state index in [1.165, 1.54) is 11.1 Å². The first-order chi connectivity index (χ1) is 10.9. The highest BCUT2D eigenvalue weighted by Crippen LogP contribution is 2.21. The van der Waals surface area contributed by atoms with Crippen LogP contribution in [-0.2, 0) is 18.4 Å². The summed E-state index contributed by atoms with van der Waals surface area (Å²) in [6.07, 6.45) is 6.43. The number of carbonyl (C=O) groups excluding carboxylic acids is 1. The number of amides is 2. The van der Waals surface area contributed by atoms with Gasteiger partial charge in [-0.2, -0.15) is 5.10 Å². The minimum absolute atomic E-state index is 0.0938. The molecular weight excluding hydrogens is 288 g/mol. The maximum Gasteiger partial charge on any atom is 0.319 e. The van der Waals surface area contributed by atoms with Crippen LogP contribution < -0.4 is 10.6 Å². The standard InChI is InChI=1S/C18H24N4O/c1-18(2,3)22-12-16(11-19-22)21-17(23)20-15-9-8-13-6-4-5-7-14(13)10-15/h4-7,11-12,15H,8-10H2,1-3H3,(H2,20,21,23). The largest absolute Gasteiger partial charge is 0.335 e. The molecule has 1 heterocycles. The van der Waals surface area contributed by atoms with Gasteiger partial charge in [-0.15, -0.1) is 0 Å². The summed E-state index contributed by atoms with van der Waals surface area (Å²) in [5.74, 6) is 0. The molecule has 0 bridgehead atoms. The van der Waals surface area contributed by atoms with E-state index in [9.17, 15) is 4.79 Å². The zero-order valence-electron chi connectivity index (χ0n) is 14.0. The molecule has 3 rings (SSSR count). The van der Waals surface area contributed by atoms with E-state index in [2.05, 4.69) is 60.8 Å². The van der Waals surface area contributed by atoms with Crippen LogP contribution >= 0.6 is 0 Å². The van der Waals surface area contributed by atoms with E-state index in [0.29, 0.717) is 5.69 Å². The first kappa shape index (κ1) is 15.6. The van der Waals surface area contributed by atoms with Crippen molar-refractivity contribution in [3.05, 3.63) is 47.8 Å². The van der Waals surface area contributed by atoms with E-state index in [0.717, 1.165) is 19.3 Å². The fraction of sp³-hybridized carbons (Fsp3) is 0.444. The number of hydrogen-bond acceptors (Lipinski definition) is 2. The molecule has 23 heavy (non-hydrogen) atoms. The normalized spacial score (nSPS) is 17.4. The highest BCUT2D eigenvalue weighted by molar-refractivity contribution is 5.89. The Hall–Kier alpha value is -2.30. The van der Waals surface area contributed by atoms with Crippen LogP contribution in [0.15, 0.2) is 36.7 Å². The van der Waals surface area contributed by atoms with E-state index in [1.54, 1.807) is 6.20 Å². The van der Waals surface area contributed by atoms with Gasteiger partial charge in [-0.05, 0) is 51.2 Å². The molecule has 1 aromatic carbocycles. The van der Waals surface area contributed by atoms with Crippen molar-refractivity contribution in [2.24, 2.45) is 0 Å². The number of aromatic nitrogens is 2. The zero-order chi connectivity index (χ0) is 16.4. The van der Waals surface area contributed by atoms with Crippen LogP contribution in [0.3, 0.4) is 0 Å². The predicted octanol–water partition coefficient (Wildman–Crippen LogP) is 3.32. The summed E-state index contributed by atoms with van der Waals surface area (Å²) in [6, 6.07) is 8.47. The first-order valence-corrected chi connectivity index (χ1v) is 8.11. The number of carbonyl (C=O) groups is 1. The second kappa shape index (κ2) is 6.07. The summed E-state index contributed by atoms with van der Waals surface area (Å²) in [6.45, 7) is 6.22. The van der Waals surface area contributed by atoms with Crippen molar-refractivity contribution in [1.82, 2.24) is 15.1 Å². The molecule has 0 saturated heterocycles. The lowest BCUT2D eigenvalue weighted by Crippen LogP contribution is -2.41. The average Bonchev–Trinajstić information content (AvgIpc) is 2.95. The van der Waals surface area contributed by atoms with Crippen molar-refractivity contribution in [2.75, 3.05) is 5.32 Å². The summed E-state index contributed by atoms with van der Waals surface area (Å²) in [4.78, 5) is 12.2. The zero-order valence-corrected chi connectivity index (χ0v) is 14.0. The number of hydrogen-bond donors (Lipinski definition) is 2. The minimum Gasteiger partial charge on any atom is -0.335 e. The SMILES string of the molecule is CC(C)(C)n1cc(NC(=O)NC2CCc3ccccc3C2)cn1. The number of benzene rings is 1. The molecule has 2 amide bonds. The molecule has 1 atom stereocenters. The van der Waals surface area contributed by atoms with E-state index in [4.69, 9.17) is 0 Å². The van der Waals surface area contributed by atoms with Gasteiger partial charge in [-0.1, -0.05) is 24.3 Å². The molecule has 1 unspecified atom stereocenters. The Bertz CT molecular complexity index is 699. The smallest absolute Gasteiger partial charge is 0.319 e. The Kier molecular flexibility index (Phi) is 4.11. The highest BCUT2D eigenvalue weighted by atomic mass is 16.2. The molecule has 5 heteroatoms. The lowest BCUT2D eigenvalue weighted by Gasteiger charge is -2.25. The van der Waals surface area contributed by atoms with Gasteiger partial charge in [-0.25, -0.2) is 4.79 Å². The number of urea groups is 1. The van der Waals surface area contributed by atoms with Gasteiger partial charge in [0, 0.05) is 12.2 Å². The highest BCUT2D eigenvalue weighted by Gasteiger charge is 2.20. The van der Waals surface area contributed by atoms with Gasteiger partial charge in [0.25, 0.3) is 0 Å². The summed E-state index contributed by atoms with van der Waals surface area (Å²) in [5, 5.41) is 10.2. The van der Waals surface area contributed by atoms with E-state index < -0.39 is 0 Å². The Morgan fingerprint density at radius 2 is 2.00 bits per heavy atom. The van der Waals surface area contributed by atoms with Crippen molar-refractivity contribution < 1.29 is 4.79 Å². The van der Waals surface area contributed by atoms with E-state index in [-0.39, 0.29) is 17.6 Å². The van der Waals surface area contributed by atoms with Gasteiger partial charge >= 0.3 is 6.03 Å². The number of aryl methyl sites for hydroxylation is 1. The van der Waals surface area contributed by atoms with Crippen LogP contribution in [0.25, 0.3) is 0 Å². The van der Waals surface area contributed by atoms with Crippen molar-refractivity contribution in [3.8, 4) is 0 Å². The molecule has 0 radical (unpaired) electrons. The van der Waals surface area contributed by atoms with Gasteiger partial charge < -0.3 is 10.6 Å². The summed E-state index contributed by atoms with van der Waals surface area (Å²) >= 11 is 0. The predicted molar refractivity (Wildman–Crippen MR) is 91.6 cm³/mol. The lowest BCUT2D eigenvalue weighted by atomic mass is 9.88. The Balaban J connectivity index is 1.57.